The third-order valence-corrected chi connectivity index (χ3v) is 10.4. The molecule has 1 N–H and O–H groups in total. The molecule has 0 saturated carbocycles. The number of thiazole rings is 1. The summed E-state index contributed by atoms with van der Waals surface area (Å²) in [5.41, 5.74) is 3.21. The van der Waals surface area contributed by atoms with E-state index in [2.05, 4.69) is 52.5 Å². The molecule has 0 radical (unpaired) electrons. The molecule has 7 rings (SSSR count). The van der Waals surface area contributed by atoms with E-state index in [1.165, 1.54) is 22.5 Å². The molecule has 226 valence electrons. The average molecular weight is 602 g/mol. The fraction of sp³-hybridized carbons (Fsp3) is 0.531. The molecule has 4 atom stereocenters. The monoisotopic (exact) mass is 601 g/mol. The Balaban J connectivity index is 1.13. The van der Waals surface area contributed by atoms with Gasteiger partial charge in [0.25, 0.3) is 0 Å². The van der Waals surface area contributed by atoms with Crippen molar-refractivity contribution in [3.05, 3.63) is 47.4 Å². The van der Waals surface area contributed by atoms with Gasteiger partial charge in [-0.2, -0.15) is 5.10 Å². The van der Waals surface area contributed by atoms with Gasteiger partial charge in [-0.15, -0.1) is 11.3 Å². The second-order valence-corrected chi connectivity index (χ2v) is 13.6. The summed E-state index contributed by atoms with van der Waals surface area (Å²) >= 11 is 1.78. The van der Waals surface area contributed by atoms with Gasteiger partial charge in [0, 0.05) is 37.2 Å². The Morgan fingerprint density at radius 1 is 1.05 bits per heavy atom. The molecule has 2 amide bonds. The van der Waals surface area contributed by atoms with E-state index in [1.54, 1.807) is 34.8 Å². The maximum absolute atomic E-state index is 13.8. The van der Waals surface area contributed by atoms with E-state index in [4.69, 9.17) is 9.72 Å². The van der Waals surface area contributed by atoms with E-state index in [9.17, 15) is 9.59 Å². The maximum atomic E-state index is 13.8. The van der Waals surface area contributed by atoms with E-state index in [0.717, 1.165) is 67.2 Å². The van der Waals surface area contributed by atoms with Gasteiger partial charge in [0.05, 0.1) is 44.9 Å². The van der Waals surface area contributed by atoms with Crippen LogP contribution in [0, 0.1) is 5.92 Å². The van der Waals surface area contributed by atoms with Crippen LogP contribution in [-0.4, -0.2) is 74.7 Å². The first kappa shape index (κ1) is 28.4. The number of likely N-dealkylation sites (N-methyl/N-ethyl adjacent to an activating group) is 1. The number of pyridine rings is 1. The van der Waals surface area contributed by atoms with Crippen molar-refractivity contribution in [2.45, 2.75) is 70.1 Å². The number of nitrogens with one attached hydrogen (secondary N) is 1. The minimum atomic E-state index is -0.663. The Labute approximate surface area is 255 Å². The van der Waals surface area contributed by atoms with E-state index < -0.39 is 11.8 Å². The van der Waals surface area contributed by atoms with Crippen LogP contribution in [0.3, 0.4) is 0 Å². The fourth-order valence-corrected chi connectivity index (χ4v) is 8.04. The van der Waals surface area contributed by atoms with E-state index in [1.807, 2.05) is 4.68 Å². The molecule has 11 heteroatoms. The first-order chi connectivity index (χ1) is 20.9. The quantitative estimate of drug-likeness (QED) is 0.309. The summed E-state index contributed by atoms with van der Waals surface area (Å²) in [6.45, 7) is 5.54. The van der Waals surface area contributed by atoms with Gasteiger partial charge in [-0.1, -0.05) is 13.0 Å². The van der Waals surface area contributed by atoms with Crippen molar-refractivity contribution >= 4 is 50.0 Å². The van der Waals surface area contributed by atoms with Gasteiger partial charge in [0.15, 0.2) is 6.23 Å². The van der Waals surface area contributed by atoms with Gasteiger partial charge < -0.3 is 19.9 Å². The number of nitrogens with zero attached hydrogens (tertiary/aromatic N) is 6. The third-order valence-electron chi connectivity index (χ3n) is 9.23. The third kappa shape index (κ3) is 5.65. The highest BCUT2D eigenvalue weighted by Gasteiger charge is 2.35. The molecular weight excluding hydrogens is 562 g/mol. The molecule has 43 heavy (non-hydrogen) atoms. The molecule has 0 spiro atoms. The number of ether oxygens (including phenoxy) is 1. The lowest BCUT2D eigenvalue weighted by molar-refractivity contribution is -0.146. The molecule has 10 nitrogen and oxygen atoms in total. The number of anilines is 1. The first-order valence-electron chi connectivity index (χ1n) is 15.6. The fourth-order valence-electron chi connectivity index (χ4n) is 6.97. The van der Waals surface area contributed by atoms with Gasteiger partial charge in [-0.05, 0) is 82.2 Å². The summed E-state index contributed by atoms with van der Waals surface area (Å²) in [6.07, 6.45) is 11.9. The van der Waals surface area contributed by atoms with Crippen LogP contribution in [0.5, 0.6) is 0 Å². The van der Waals surface area contributed by atoms with Crippen molar-refractivity contribution in [3.63, 3.8) is 0 Å². The van der Waals surface area contributed by atoms with Crippen LogP contribution >= 0.6 is 11.3 Å². The van der Waals surface area contributed by atoms with E-state index in [0.29, 0.717) is 30.7 Å². The van der Waals surface area contributed by atoms with E-state index >= 15 is 0 Å². The summed E-state index contributed by atoms with van der Waals surface area (Å²) in [5, 5.41) is 9.41. The van der Waals surface area contributed by atoms with Crippen LogP contribution in [0.15, 0.2) is 36.8 Å². The van der Waals surface area contributed by atoms with Gasteiger partial charge in [0.1, 0.15) is 0 Å². The van der Waals surface area contributed by atoms with Gasteiger partial charge >= 0.3 is 11.8 Å². The van der Waals surface area contributed by atoms with Crippen molar-refractivity contribution in [2.24, 2.45) is 5.92 Å². The number of carbonyl (C=O) groups is 2. The summed E-state index contributed by atoms with van der Waals surface area (Å²) in [4.78, 5) is 40.9. The average Bonchev–Trinajstić information content (AvgIpc) is 3.66. The predicted molar refractivity (Wildman–Crippen MR) is 167 cm³/mol. The zero-order valence-electron chi connectivity index (χ0n) is 24.9. The smallest absolute Gasteiger partial charge is 0.314 e. The molecule has 3 aromatic heterocycles. The summed E-state index contributed by atoms with van der Waals surface area (Å²) in [6, 6.07) is 6.21. The van der Waals surface area contributed by atoms with Crippen molar-refractivity contribution in [2.75, 3.05) is 38.6 Å². The Hall–Kier alpha value is -3.41. The second kappa shape index (κ2) is 11.9. The standard InChI is InChI=1S/C32H39N7O3S/c1-20-8-10-26(21-9-11-27-24(14-21)36-31(43-27)22-6-5-12-37(2)19-22)38(18-20)32(41)30(40)35-25-17-33-15-23-16-34-39(29(23)25)28-7-3-4-13-42-28/h9,11,14-17,20,22,26,28H,3-8,10,12-13,18-19H2,1-2H3,(H,35,40)/t20-,22+,26+,28?/m0/s1. The molecule has 3 aliphatic rings. The van der Waals surface area contributed by atoms with Crippen LogP contribution in [0.1, 0.15) is 80.6 Å². The zero-order chi connectivity index (χ0) is 29.5. The molecule has 0 bridgehead atoms. The topological polar surface area (TPSA) is 105 Å². The largest absolute Gasteiger partial charge is 0.356 e. The summed E-state index contributed by atoms with van der Waals surface area (Å²) in [5.74, 6) is -0.417. The van der Waals surface area contributed by atoms with Crippen LogP contribution in [0.2, 0.25) is 0 Å². The van der Waals surface area contributed by atoms with Gasteiger partial charge in [-0.3, -0.25) is 14.6 Å². The number of amides is 2. The normalized spacial score (nSPS) is 25.3. The van der Waals surface area contributed by atoms with Crippen LogP contribution in [-0.2, 0) is 14.3 Å². The van der Waals surface area contributed by atoms with Crippen LogP contribution in [0.4, 0.5) is 5.69 Å². The highest BCUT2D eigenvalue weighted by Crippen LogP contribution is 2.38. The van der Waals surface area contributed by atoms with Crippen molar-refractivity contribution < 1.29 is 14.3 Å². The molecule has 3 fully saturated rings. The molecular formula is C32H39N7O3S. The van der Waals surface area contributed by atoms with Crippen LogP contribution in [0.25, 0.3) is 21.1 Å². The Bertz CT molecular complexity index is 1640. The summed E-state index contributed by atoms with van der Waals surface area (Å²) < 4.78 is 8.95. The number of hydrogen-bond donors (Lipinski definition) is 1. The number of hydrogen-bond acceptors (Lipinski definition) is 8. The Morgan fingerprint density at radius 2 is 1.95 bits per heavy atom. The number of carbonyl (C=O) groups excluding carboxylic acids is 2. The number of benzene rings is 1. The molecule has 1 unspecified atom stereocenters. The number of aromatic nitrogens is 4. The lowest BCUT2D eigenvalue weighted by Crippen LogP contribution is -2.46. The van der Waals surface area contributed by atoms with Gasteiger partial charge in [0.2, 0.25) is 0 Å². The van der Waals surface area contributed by atoms with E-state index in [-0.39, 0.29) is 12.3 Å². The lowest BCUT2D eigenvalue weighted by Gasteiger charge is -2.38. The molecule has 3 aliphatic heterocycles. The number of fused-ring (bicyclic) bond motifs is 2. The maximum Gasteiger partial charge on any atom is 0.314 e. The zero-order valence-corrected chi connectivity index (χ0v) is 25.7. The minimum Gasteiger partial charge on any atom is -0.356 e. The van der Waals surface area contributed by atoms with Gasteiger partial charge in [-0.25, -0.2) is 9.67 Å². The summed E-state index contributed by atoms with van der Waals surface area (Å²) in [7, 11) is 2.18. The molecule has 1 aromatic carbocycles. The predicted octanol–water partition coefficient (Wildman–Crippen LogP) is 5.49. The molecule has 4 aromatic rings. The van der Waals surface area contributed by atoms with Crippen molar-refractivity contribution in [1.82, 2.24) is 29.5 Å². The molecule has 6 heterocycles. The minimum absolute atomic E-state index is 0.181. The highest BCUT2D eigenvalue weighted by atomic mass is 32.1. The molecule has 3 saturated heterocycles. The number of rotatable bonds is 4. The lowest BCUT2D eigenvalue weighted by atomic mass is 9.89. The number of likely N-dealkylation sites (tertiary alicyclic amines) is 2. The Kier molecular flexibility index (Phi) is 7.87. The van der Waals surface area contributed by atoms with Crippen LogP contribution < -0.4 is 5.32 Å². The van der Waals surface area contributed by atoms with Crippen molar-refractivity contribution in [1.29, 1.82) is 0 Å². The second-order valence-electron chi connectivity index (χ2n) is 12.5. The SMILES string of the molecule is C[C@H]1CC[C@H](c2ccc3sc([C@@H]4CCCN(C)C4)nc3c2)N(C(=O)C(=O)Nc2cncc3cnn(C4CCCCO4)c23)C1. The highest BCUT2D eigenvalue weighted by molar-refractivity contribution is 7.18. The van der Waals surface area contributed by atoms with Crippen molar-refractivity contribution in [3.8, 4) is 0 Å². The number of piperidine rings is 2. The molecule has 0 aliphatic carbocycles. The first-order valence-corrected chi connectivity index (χ1v) is 16.4. The Morgan fingerprint density at radius 3 is 2.79 bits per heavy atom.